The van der Waals surface area contributed by atoms with E-state index in [2.05, 4.69) is 15.8 Å². The Hall–Kier alpha value is -5.57. The van der Waals surface area contributed by atoms with E-state index >= 15 is 0 Å². The van der Waals surface area contributed by atoms with E-state index in [1.54, 1.807) is 71.4 Å². The topological polar surface area (TPSA) is 119 Å². The number of hydrazone groups is 1. The summed E-state index contributed by atoms with van der Waals surface area (Å²) in [7, 11) is 0. The first-order valence-electron chi connectivity index (χ1n) is 12.0. The maximum Gasteiger partial charge on any atom is 0.287 e. The summed E-state index contributed by atoms with van der Waals surface area (Å²) in [6, 6.07) is 27.8. The molecule has 4 aromatic rings. The van der Waals surface area contributed by atoms with E-state index in [1.165, 1.54) is 18.3 Å². The van der Waals surface area contributed by atoms with E-state index in [0.717, 1.165) is 11.1 Å². The van der Waals surface area contributed by atoms with Gasteiger partial charge in [0.2, 0.25) is 0 Å². The second-order valence-electron chi connectivity index (χ2n) is 8.45. The molecule has 9 nitrogen and oxygen atoms in total. The molecule has 0 aliphatic carbocycles. The van der Waals surface area contributed by atoms with Crippen molar-refractivity contribution in [2.24, 2.45) is 5.10 Å². The number of nitro groups is 1. The minimum absolute atomic E-state index is 0.0122. The number of non-ortho nitro benzene ring substituents is 1. The normalized spacial score (nSPS) is 11.8. The molecule has 194 valence electrons. The summed E-state index contributed by atoms with van der Waals surface area (Å²) < 4.78 is 1.76. The number of carbonyl (C=O) groups is 2. The highest BCUT2D eigenvalue weighted by Gasteiger charge is 2.14. The van der Waals surface area contributed by atoms with Crippen molar-refractivity contribution in [1.82, 2.24) is 15.3 Å². The van der Waals surface area contributed by atoms with Crippen LogP contribution in [0.4, 0.5) is 5.69 Å². The Kier molecular flexibility index (Phi) is 8.56. The Labute approximate surface area is 225 Å². The zero-order valence-electron chi connectivity index (χ0n) is 21.0. The SMILES string of the molecule is CC(=C/c1ccccc1)/C=C(\NC(=O)c1ccccc1)C(=O)N/N=C\c1cccn1-c1ccc([N+](=O)[O-])cc1. The van der Waals surface area contributed by atoms with Gasteiger partial charge in [-0.2, -0.15) is 5.10 Å². The number of carbonyl (C=O) groups excluding carboxylic acids is 2. The number of nitrogens with zero attached hydrogens (tertiary/aromatic N) is 3. The molecule has 0 bridgehead atoms. The van der Waals surface area contributed by atoms with E-state index in [4.69, 9.17) is 0 Å². The average Bonchev–Trinajstić information content (AvgIpc) is 3.42. The first-order valence-corrected chi connectivity index (χ1v) is 12.0. The number of allylic oxidation sites excluding steroid dienone is 2. The molecule has 2 N–H and O–H groups in total. The van der Waals surface area contributed by atoms with Crippen LogP contribution >= 0.6 is 0 Å². The van der Waals surface area contributed by atoms with Crippen LogP contribution in [0, 0.1) is 10.1 Å². The molecule has 4 rings (SSSR count). The van der Waals surface area contributed by atoms with Crippen molar-refractivity contribution in [2.45, 2.75) is 6.92 Å². The highest BCUT2D eigenvalue weighted by molar-refractivity contribution is 6.03. The minimum atomic E-state index is -0.607. The fourth-order valence-electron chi connectivity index (χ4n) is 3.71. The minimum Gasteiger partial charge on any atom is -0.317 e. The molecule has 0 unspecified atom stereocenters. The van der Waals surface area contributed by atoms with Gasteiger partial charge in [-0.05, 0) is 60.5 Å². The van der Waals surface area contributed by atoms with E-state index < -0.39 is 16.7 Å². The van der Waals surface area contributed by atoms with Crippen LogP contribution in [-0.2, 0) is 4.79 Å². The largest absolute Gasteiger partial charge is 0.317 e. The molecule has 1 aromatic heterocycles. The number of hydrogen-bond acceptors (Lipinski definition) is 5. The molecule has 0 fully saturated rings. The summed E-state index contributed by atoms with van der Waals surface area (Å²) in [5, 5.41) is 17.7. The van der Waals surface area contributed by atoms with Crippen molar-refractivity contribution >= 4 is 29.8 Å². The molecule has 0 radical (unpaired) electrons. The van der Waals surface area contributed by atoms with Crippen LogP contribution in [0.25, 0.3) is 11.8 Å². The monoisotopic (exact) mass is 519 g/mol. The van der Waals surface area contributed by atoms with E-state index in [1.807, 2.05) is 43.3 Å². The lowest BCUT2D eigenvalue weighted by molar-refractivity contribution is -0.384. The van der Waals surface area contributed by atoms with E-state index in [0.29, 0.717) is 16.9 Å². The molecule has 1 heterocycles. The Bertz CT molecular complexity index is 1550. The predicted octanol–water partition coefficient (Wildman–Crippen LogP) is 5.25. The number of aromatic nitrogens is 1. The number of amides is 2. The Morgan fingerprint density at radius 2 is 1.56 bits per heavy atom. The predicted molar refractivity (Wildman–Crippen MR) is 150 cm³/mol. The molecule has 0 saturated carbocycles. The maximum atomic E-state index is 13.1. The van der Waals surface area contributed by atoms with Gasteiger partial charge in [-0.15, -0.1) is 0 Å². The lowest BCUT2D eigenvalue weighted by Crippen LogP contribution is -2.33. The molecule has 3 aromatic carbocycles. The van der Waals surface area contributed by atoms with Gasteiger partial charge < -0.3 is 9.88 Å². The molecule has 0 spiro atoms. The van der Waals surface area contributed by atoms with Crippen molar-refractivity contribution < 1.29 is 14.5 Å². The second kappa shape index (κ2) is 12.6. The zero-order valence-corrected chi connectivity index (χ0v) is 21.0. The summed E-state index contributed by atoms with van der Waals surface area (Å²) in [6.07, 6.45) is 6.69. The molecule has 0 aliphatic rings. The van der Waals surface area contributed by atoms with Crippen molar-refractivity contribution in [3.8, 4) is 5.69 Å². The lowest BCUT2D eigenvalue weighted by atomic mass is 10.1. The third-order valence-corrected chi connectivity index (χ3v) is 5.58. The van der Waals surface area contributed by atoms with Gasteiger partial charge in [0.25, 0.3) is 17.5 Å². The standard InChI is InChI=1S/C30H25N5O4/c1-22(19-23-9-4-2-5-10-23)20-28(32-29(36)24-11-6-3-7-12-24)30(37)33-31-21-27-13-8-18-34(27)25-14-16-26(17-15-25)35(38)39/h2-21H,1H3,(H,32,36)(H,33,37)/b22-19-,28-20-,31-21-. The van der Waals surface area contributed by atoms with E-state index in [9.17, 15) is 19.7 Å². The van der Waals surface area contributed by atoms with Crippen molar-refractivity contribution in [1.29, 1.82) is 0 Å². The van der Waals surface area contributed by atoms with Gasteiger partial charge in [0.1, 0.15) is 5.70 Å². The molecule has 9 heteroatoms. The Morgan fingerprint density at radius 3 is 2.23 bits per heavy atom. The van der Waals surface area contributed by atoms with Gasteiger partial charge in [0.05, 0.1) is 16.8 Å². The first-order chi connectivity index (χ1) is 18.9. The molecule has 0 saturated heterocycles. The fraction of sp³-hybridized carbons (Fsp3) is 0.0333. The number of rotatable bonds is 9. The summed E-state index contributed by atoms with van der Waals surface area (Å²) in [5.41, 5.74) is 5.90. The summed E-state index contributed by atoms with van der Waals surface area (Å²) in [4.78, 5) is 36.3. The summed E-state index contributed by atoms with van der Waals surface area (Å²) in [6.45, 7) is 1.83. The number of nitrogens with one attached hydrogen (secondary N) is 2. The van der Waals surface area contributed by atoms with Crippen molar-refractivity contribution in [2.75, 3.05) is 0 Å². The van der Waals surface area contributed by atoms with Gasteiger partial charge >= 0.3 is 0 Å². The summed E-state index contributed by atoms with van der Waals surface area (Å²) in [5.74, 6) is -1.04. The van der Waals surface area contributed by atoms with Crippen LogP contribution in [0.5, 0.6) is 0 Å². The second-order valence-corrected chi connectivity index (χ2v) is 8.45. The number of benzene rings is 3. The van der Waals surface area contributed by atoms with Gasteiger partial charge in [-0.25, -0.2) is 5.43 Å². The molecule has 0 atom stereocenters. The average molecular weight is 520 g/mol. The van der Waals surface area contributed by atoms with Gasteiger partial charge in [0.15, 0.2) is 0 Å². The van der Waals surface area contributed by atoms with Crippen LogP contribution in [0.2, 0.25) is 0 Å². The molecule has 0 aliphatic heterocycles. The van der Waals surface area contributed by atoms with Crippen LogP contribution in [-0.4, -0.2) is 27.5 Å². The summed E-state index contributed by atoms with van der Waals surface area (Å²) >= 11 is 0. The Balaban J connectivity index is 1.53. The van der Waals surface area contributed by atoms with Crippen LogP contribution < -0.4 is 10.7 Å². The van der Waals surface area contributed by atoms with Gasteiger partial charge in [-0.1, -0.05) is 54.6 Å². The lowest BCUT2D eigenvalue weighted by Gasteiger charge is -2.10. The number of nitro benzene ring substituents is 1. The smallest absolute Gasteiger partial charge is 0.287 e. The maximum absolute atomic E-state index is 13.1. The fourth-order valence-corrected chi connectivity index (χ4v) is 3.71. The molecule has 39 heavy (non-hydrogen) atoms. The zero-order chi connectivity index (χ0) is 27.6. The van der Waals surface area contributed by atoms with Crippen molar-refractivity contribution in [3.63, 3.8) is 0 Å². The molecule has 2 amide bonds. The highest BCUT2D eigenvalue weighted by Crippen LogP contribution is 2.17. The Morgan fingerprint density at radius 1 is 0.897 bits per heavy atom. The van der Waals surface area contributed by atoms with Gasteiger partial charge in [-0.3, -0.25) is 19.7 Å². The third kappa shape index (κ3) is 7.23. The highest BCUT2D eigenvalue weighted by atomic mass is 16.6. The number of hydrogen-bond donors (Lipinski definition) is 2. The van der Waals surface area contributed by atoms with Crippen LogP contribution in [0.1, 0.15) is 28.5 Å². The quantitative estimate of drug-likeness (QED) is 0.103. The van der Waals surface area contributed by atoms with Crippen LogP contribution in [0.15, 0.2) is 126 Å². The molecular weight excluding hydrogens is 494 g/mol. The van der Waals surface area contributed by atoms with Crippen molar-refractivity contribution in [3.05, 3.63) is 148 Å². The van der Waals surface area contributed by atoms with Crippen LogP contribution in [0.3, 0.4) is 0 Å². The third-order valence-electron chi connectivity index (χ3n) is 5.58. The first kappa shape index (κ1) is 26.5. The van der Waals surface area contributed by atoms with Gasteiger partial charge in [0, 0.05) is 29.6 Å². The van der Waals surface area contributed by atoms with E-state index in [-0.39, 0.29) is 11.4 Å². The molecular formula is C30H25N5O4.